The van der Waals surface area contributed by atoms with Crippen molar-refractivity contribution in [3.63, 3.8) is 0 Å². The normalized spacial score (nSPS) is 10.8. The van der Waals surface area contributed by atoms with Gasteiger partial charge in [-0.1, -0.05) is 0 Å². The number of carbonyl (C=O) groups is 1. The number of thiazole rings is 1. The molecule has 1 amide bonds. The Hall–Kier alpha value is -2.34. The Morgan fingerprint density at radius 1 is 1.14 bits per heavy atom. The van der Waals surface area contributed by atoms with Crippen molar-refractivity contribution in [2.45, 2.75) is 6.92 Å². The Kier molecular flexibility index (Phi) is 3.39. The van der Waals surface area contributed by atoms with Crippen LogP contribution in [0.15, 0.2) is 36.4 Å². The molecule has 2 aromatic carbocycles. The number of nitrogens with one attached hydrogen (secondary N) is 1. The number of nitrogens with zero attached hydrogens (tertiary/aromatic N) is 1. The Labute approximate surface area is 123 Å². The zero-order valence-electron chi connectivity index (χ0n) is 11.0. The number of hydrogen-bond donors (Lipinski definition) is 1. The van der Waals surface area contributed by atoms with Gasteiger partial charge in [0.2, 0.25) is 0 Å². The van der Waals surface area contributed by atoms with E-state index in [2.05, 4.69) is 10.3 Å². The lowest BCUT2D eigenvalue weighted by molar-refractivity contribution is 0.102. The van der Waals surface area contributed by atoms with Crippen molar-refractivity contribution < 1.29 is 13.6 Å². The Balaban J connectivity index is 1.86. The molecule has 0 saturated carbocycles. The van der Waals surface area contributed by atoms with E-state index in [0.717, 1.165) is 27.4 Å². The molecule has 3 aromatic rings. The maximum absolute atomic E-state index is 13.1. The van der Waals surface area contributed by atoms with Crippen molar-refractivity contribution in [3.8, 4) is 0 Å². The summed E-state index contributed by atoms with van der Waals surface area (Å²) in [5.74, 6) is -2.53. The van der Waals surface area contributed by atoms with Crippen LogP contribution in [0.3, 0.4) is 0 Å². The number of carbonyl (C=O) groups excluding carboxylic acids is 1. The number of aryl methyl sites for hydroxylation is 1. The molecule has 0 spiro atoms. The standard InChI is InChI=1S/C15H10F2N2OS/c1-8-18-13-7-10(3-5-14(13)21-8)19-15(20)9-2-4-11(16)12(17)6-9/h2-7H,1H3,(H,19,20). The predicted octanol–water partition coefficient (Wildman–Crippen LogP) is 4.14. The van der Waals surface area contributed by atoms with Crippen molar-refractivity contribution in [3.05, 3.63) is 58.6 Å². The van der Waals surface area contributed by atoms with Crippen LogP contribution in [0.2, 0.25) is 0 Å². The van der Waals surface area contributed by atoms with Gasteiger partial charge in [0.15, 0.2) is 11.6 Å². The maximum Gasteiger partial charge on any atom is 0.255 e. The van der Waals surface area contributed by atoms with Gasteiger partial charge in [0.05, 0.1) is 15.2 Å². The first-order valence-electron chi connectivity index (χ1n) is 6.16. The van der Waals surface area contributed by atoms with Crippen LogP contribution in [0.1, 0.15) is 15.4 Å². The number of rotatable bonds is 2. The molecule has 0 fully saturated rings. The Bertz CT molecular complexity index is 845. The van der Waals surface area contributed by atoms with Crippen LogP contribution < -0.4 is 5.32 Å². The van der Waals surface area contributed by atoms with Gasteiger partial charge in [0, 0.05) is 11.3 Å². The molecule has 0 unspecified atom stereocenters. The summed E-state index contributed by atoms with van der Waals surface area (Å²) < 4.78 is 27.0. The van der Waals surface area contributed by atoms with E-state index in [1.165, 1.54) is 6.07 Å². The summed E-state index contributed by atoms with van der Waals surface area (Å²) in [7, 11) is 0. The minimum atomic E-state index is -1.05. The second kappa shape index (κ2) is 5.21. The molecular weight excluding hydrogens is 294 g/mol. The predicted molar refractivity (Wildman–Crippen MR) is 78.7 cm³/mol. The lowest BCUT2D eigenvalue weighted by Gasteiger charge is -2.05. The molecule has 0 aliphatic heterocycles. The molecular formula is C15H10F2N2OS. The van der Waals surface area contributed by atoms with E-state index in [1.54, 1.807) is 23.5 Å². The van der Waals surface area contributed by atoms with Crippen molar-refractivity contribution in [1.29, 1.82) is 0 Å². The van der Waals surface area contributed by atoms with Crippen LogP contribution in [0.4, 0.5) is 14.5 Å². The molecule has 0 aliphatic carbocycles. The summed E-state index contributed by atoms with van der Waals surface area (Å²) in [6.07, 6.45) is 0. The van der Waals surface area contributed by atoms with Gasteiger partial charge >= 0.3 is 0 Å². The van der Waals surface area contributed by atoms with Crippen LogP contribution in [-0.2, 0) is 0 Å². The van der Waals surface area contributed by atoms with E-state index >= 15 is 0 Å². The highest BCUT2D eigenvalue weighted by molar-refractivity contribution is 7.18. The average molecular weight is 304 g/mol. The first-order chi connectivity index (χ1) is 10.0. The molecule has 1 aromatic heterocycles. The highest BCUT2D eigenvalue weighted by Gasteiger charge is 2.10. The minimum absolute atomic E-state index is 0.0588. The highest BCUT2D eigenvalue weighted by atomic mass is 32.1. The average Bonchev–Trinajstić information content (AvgIpc) is 2.81. The summed E-state index contributed by atoms with van der Waals surface area (Å²) in [6.45, 7) is 1.91. The van der Waals surface area contributed by atoms with Crippen LogP contribution in [0, 0.1) is 18.6 Å². The first kappa shape index (κ1) is 13.6. The number of fused-ring (bicyclic) bond motifs is 1. The second-order valence-corrected chi connectivity index (χ2v) is 5.73. The van der Waals surface area contributed by atoms with Gasteiger partial charge in [-0.15, -0.1) is 11.3 Å². The molecule has 0 atom stereocenters. The number of aromatic nitrogens is 1. The van der Waals surface area contributed by atoms with Gasteiger partial charge in [-0.2, -0.15) is 0 Å². The van der Waals surface area contributed by atoms with E-state index in [1.807, 2.05) is 13.0 Å². The monoisotopic (exact) mass is 304 g/mol. The van der Waals surface area contributed by atoms with E-state index in [4.69, 9.17) is 0 Å². The van der Waals surface area contributed by atoms with Crippen LogP contribution in [-0.4, -0.2) is 10.9 Å². The summed E-state index contributed by atoms with van der Waals surface area (Å²) in [4.78, 5) is 16.3. The maximum atomic E-state index is 13.1. The van der Waals surface area contributed by atoms with Crippen LogP contribution in [0.25, 0.3) is 10.2 Å². The van der Waals surface area contributed by atoms with Crippen molar-refractivity contribution in [2.24, 2.45) is 0 Å². The number of benzene rings is 2. The summed E-state index contributed by atoms with van der Waals surface area (Å²) in [5, 5.41) is 3.58. The molecule has 0 radical (unpaired) electrons. The van der Waals surface area contributed by atoms with Crippen LogP contribution in [0.5, 0.6) is 0 Å². The van der Waals surface area contributed by atoms with Crippen LogP contribution >= 0.6 is 11.3 Å². The quantitative estimate of drug-likeness (QED) is 0.773. The third-order valence-electron chi connectivity index (χ3n) is 2.93. The Morgan fingerprint density at radius 3 is 2.71 bits per heavy atom. The van der Waals surface area contributed by atoms with E-state index in [-0.39, 0.29) is 5.56 Å². The molecule has 0 aliphatic rings. The molecule has 3 nitrogen and oxygen atoms in total. The minimum Gasteiger partial charge on any atom is -0.322 e. The van der Waals surface area contributed by atoms with Gasteiger partial charge in [-0.25, -0.2) is 13.8 Å². The Morgan fingerprint density at radius 2 is 1.95 bits per heavy atom. The van der Waals surface area contributed by atoms with Gasteiger partial charge < -0.3 is 5.32 Å². The molecule has 21 heavy (non-hydrogen) atoms. The molecule has 6 heteroatoms. The third kappa shape index (κ3) is 2.75. The molecule has 0 bridgehead atoms. The van der Waals surface area contributed by atoms with Gasteiger partial charge in [-0.05, 0) is 43.3 Å². The zero-order chi connectivity index (χ0) is 15.0. The van der Waals surface area contributed by atoms with Crippen molar-refractivity contribution >= 4 is 33.1 Å². The smallest absolute Gasteiger partial charge is 0.255 e. The largest absolute Gasteiger partial charge is 0.322 e. The van der Waals surface area contributed by atoms with E-state index in [9.17, 15) is 13.6 Å². The fourth-order valence-electron chi connectivity index (χ4n) is 1.96. The summed E-state index contributed by atoms with van der Waals surface area (Å²) >= 11 is 1.56. The van der Waals surface area contributed by atoms with Gasteiger partial charge in [0.25, 0.3) is 5.91 Å². The third-order valence-corrected chi connectivity index (χ3v) is 3.89. The molecule has 3 rings (SSSR count). The van der Waals surface area contributed by atoms with Gasteiger partial charge in [-0.3, -0.25) is 4.79 Å². The van der Waals surface area contributed by atoms with E-state index in [0.29, 0.717) is 5.69 Å². The second-order valence-electron chi connectivity index (χ2n) is 4.50. The topological polar surface area (TPSA) is 42.0 Å². The summed E-state index contributed by atoms with van der Waals surface area (Å²) in [5.41, 5.74) is 1.41. The number of amides is 1. The lowest BCUT2D eigenvalue weighted by Crippen LogP contribution is -2.12. The molecule has 1 N–H and O–H groups in total. The number of anilines is 1. The van der Waals surface area contributed by atoms with Crippen molar-refractivity contribution in [1.82, 2.24) is 4.98 Å². The summed E-state index contributed by atoms with van der Waals surface area (Å²) in [6, 6.07) is 8.39. The molecule has 0 saturated heterocycles. The first-order valence-corrected chi connectivity index (χ1v) is 6.98. The lowest BCUT2D eigenvalue weighted by atomic mass is 10.2. The highest BCUT2D eigenvalue weighted by Crippen LogP contribution is 2.24. The van der Waals surface area contributed by atoms with Gasteiger partial charge in [0.1, 0.15) is 0 Å². The molecule has 1 heterocycles. The number of hydrogen-bond acceptors (Lipinski definition) is 3. The fourth-order valence-corrected chi connectivity index (χ4v) is 2.77. The van der Waals surface area contributed by atoms with E-state index < -0.39 is 17.5 Å². The van der Waals surface area contributed by atoms with Crippen molar-refractivity contribution in [2.75, 3.05) is 5.32 Å². The molecule has 106 valence electrons. The zero-order valence-corrected chi connectivity index (χ0v) is 11.8. The SMILES string of the molecule is Cc1nc2cc(NC(=O)c3ccc(F)c(F)c3)ccc2s1. The fraction of sp³-hybridized carbons (Fsp3) is 0.0667. The number of halogens is 2.